The average Bonchev–Trinajstić information content (AvgIpc) is 2.44. The van der Waals surface area contributed by atoms with Crippen LogP contribution >= 0.6 is 15.9 Å². The van der Waals surface area contributed by atoms with Gasteiger partial charge in [-0.15, -0.1) is 0 Å². The van der Waals surface area contributed by atoms with Crippen molar-refractivity contribution in [3.63, 3.8) is 0 Å². The fourth-order valence-corrected chi connectivity index (χ4v) is 2.61. The maximum absolute atomic E-state index is 12.9. The molecule has 5 heteroatoms. The Labute approximate surface area is 124 Å². The minimum Gasteiger partial charge on any atom is -0.480 e. The van der Waals surface area contributed by atoms with Crippen molar-refractivity contribution in [1.29, 1.82) is 0 Å². The number of carbonyl (C=O) groups is 1. The molecule has 0 unspecified atom stereocenters. The minimum absolute atomic E-state index is 0.0107. The first kappa shape index (κ1) is 13.1. The molecule has 3 rings (SSSR count). The van der Waals surface area contributed by atoms with Crippen molar-refractivity contribution in [2.45, 2.75) is 6.54 Å². The van der Waals surface area contributed by atoms with E-state index < -0.39 is 0 Å². The van der Waals surface area contributed by atoms with E-state index in [0.717, 1.165) is 15.7 Å². The summed E-state index contributed by atoms with van der Waals surface area (Å²) in [6.07, 6.45) is 0. The Morgan fingerprint density at radius 3 is 2.70 bits per heavy atom. The Morgan fingerprint density at radius 1 is 1.20 bits per heavy atom. The van der Waals surface area contributed by atoms with Gasteiger partial charge in [0.1, 0.15) is 5.82 Å². The van der Waals surface area contributed by atoms with Crippen molar-refractivity contribution in [3.8, 4) is 5.75 Å². The molecule has 102 valence electrons. The zero-order chi connectivity index (χ0) is 14.1. The average molecular weight is 336 g/mol. The number of ether oxygens (including phenoxy) is 1. The Bertz CT molecular complexity index is 657. The van der Waals surface area contributed by atoms with E-state index in [1.54, 1.807) is 17.0 Å². The highest BCUT2D eigenvalue weighted by Gasteiger charge is 2.26. The van der Waals surface area contributed by atoms with Gasteiger partial charge in [0, 0.05) is 0 Å². The van der Waals surface area contributed by atoms with Crippen molar-refractivity contribution in [2.24, 2.45) is 0 Å². The molecule has 1 aliphatic heterocycles. The van der Waals surface area contributed by atoms with Gasteiger partial charge in [-0.2, -0.15) is 0 Å². The van der Waals surface area contributed by atoms with E-state index in [0.29, 0.717) is 12.3 Å². The molecule has 1 aliphatic rings. The Hall–Kier alpha value is -1.88. The summed E-state index contributed by atoms with van der Waals surface area (Å²) in [6.45, 7) is 0.405. The van der Waals surface area contributed by atoms with Crippen molar-refractivity contribution >= 4 is 27.5 Å². The number of hydrogen-bond donors (Lipinski definition) is 0. The molecule has 0 spiro atoms. The number of halogens is 2. The predicted molar refractivity (Wildman–Crippen MR) is 77.2 cm³/mol. The van der Waals surface area contributed by atoms with Gasteiger partial charge < -0.3 is 9.64 Å². The summed E-state index contributed by atoms with van der Waals surface area (Å²) in [5.74, 6) is 0.263. The summed E-state index contributed by atoms with van der Waals surface area (Å²) >= 11 is 3.41. The third-order valence-electron chi connectivity index (χ3n) is 3.13. The topological polar surface area (TPSA) is 29.5 Å². The number of hydrogen-bond acceptors (Lipinski definition) is 2. The third kappa shape index (κ3) is 2.41. The molecule has 0 aromatic heterocycles. The molecular formula is C15H11BrFNO2. The summed E-state index contributed by atoms with van der Waals surface area (Å²) in [5.41, 5.74) is 1.59. The summed E-state index contributed by atoms with van der Waals surface area (Å²) in [7, 11) is 0. The molecule has 0 N–H and O–H groups in total. The van der Waals surface area contributed by atoms with Crippen LogP contribution in [0.1, 0.15) is 5.56 Å². The van der Waals surface area contributed by atoms with Gasteiger partial charge in [0.25, 0.3) is 5.91 Å². The lowest BCUT2D eigenvalue weighted by Crippen LogP contribution is -2.38. The van der Waals surface area contributed by atoms with E-state index in [1.165, 1.54) is 12.1 Å². The van der Waals surface area contributed by atoms with Crippen LogP contribution in [-0.4, -0.2) is 12.5 Å². The molecule has 1 heterocycles. The highest BCUT2D eigenvalue weighted by Crippen LogP contribution is 2.38. The molecule has 0 aliphatic carbocycles. The number of para-hydroxylation sites is 1. The van der Waals surface area contributed by atoms with Crippen molar-refractivity contribution < 1.29 is 13.9 Å². The van der Waals surface area contributed by atoms with Crippen LogP contribution in [-0.2, 0) is 11.3 Å². The van der Waals surface area contributed by atoms with Gasteiger partial charge in [0.05, 0.1) is 16.7 Å². The van der Waals surface area contributed by atoms with Gasteiger partial charge >= 0.3 is 0 Å². The fourth-order valence-electron chi connectivity index (χ4n) is 2.14. The van der Waals surface area contributed by atoms with E-state index in [1.807, 2.05) is 18.2 Å². The summed E-state index contributed by atoms with van der Waals surface area (Å²) < 4.78 is 19.2. The van der Waals surface area contributed by atoms with Crippen LogP contribution in [0.4, 0.5) is 10.1 Å². The standard InChI is InChI=1S/C15H11BrFNO2/c16-12-2-1-3-13-15(12)20-9-14(19)18(13)8-10-4-6-11(17)7-5-10/h1-7H,8-9H2. The highest BCUT2D eigenvalue weighted by atomic mass is 79.9. The molecule has 0 radical (unpaired) electrons. The SMILES string of the molecule is O=C1COc2c(Br)cccc2N1Cc1ccc(F)cc1. The summed E-state index contributed by atoms with van der Waals surface area (Å²) in [6, 6.07) is 11.7. The van der Waals surface area contributed by atoms with Gasteiger partial charge in [-0.3, -0.25) is 4.79 Å². The Kier molecular flexibility index (Phi) is 3.44. The lowest BCUT2D eigenvalue weighted by atomic mass is 10.1. The van der Waals surface area contributed by atoms with Crippen LogP contribution in [0.15, 0.2) is 46.9 Å². The molecule has 0 fully saturated rings. The first-order chi connectivity index (χ1) is 9.65. The second-order valence-electron chi connectivity index (χ2n) is 4.48. The molecule has 20 heavy (non-hydrogen) atoms. The number of anilines is 1. The van der Waals surface area contributed by atoms with Gasteiger partial charge in [-0.25, -0.2) is 4.39 Å². The Balaban J connectivity index is 1.95. The van der Waals surface area contributed by atoms with Crippen molar-refractivity contribution in [1.82, 2.24) is 0 Å². The number of fused-ring (bicyclic) bond motifs is 1. The summed E-state index contributed by atoms with van der Waals surface area (Å²) in [4.78, 5) is 13.7. The maximum atomic E-state index is 12.9. The number of nitrogens with zero attached hydrogens (tertiary/aromatic N) is 1. The number of carbonyl (C=O) groups excluding carboxylic acids is 1. The normalized spacial score (nSPS) is 13.9. The zero-order valence-electron chi connectivity index (χ0n) is 10.5. The van der Waals surface area contributed by atoms with Crippen LogP contribution in [0.2, 0.25) is 0 Å². The second kappa shape index (κ2) is 5.25. The zero-order valence-corrected chi connectivity index (χ0v) is 12.1. The molecule has 1 amide bonds. The van der Waals surface area contributed by atoms with Gasteiger partial charge in [0.15, 0.2) is 12.4 Å². The van der Waals surface area contributed by atoms with Crippen LogP contribution in [0.5, 0.6) is 5.75 Å². The molecular weight excluding hydrogens is 325 g/mol. The van der Waals surface area contributed by atoms with Crippen molar-refractivity contribution in [2.75, 3.05) is 11.5 Å². The molecule has 2 aromatic carbocycles. The molecule has 0 atom stereocenters. The van der Waals surface area contributed by atoms with Crippen LogP contribution in [0, 0.1) is 5.82 Å². The van der Waals surface area contributed by atoms with E-state index >= 15 is 0 Å². The van der Waals surface area contributed by atoms with Gasteiger partial charge in [-0.1, -0.05) is 18.2 Å². The van der Waals surface area contributed by atoms with Gasteiger partial charge in [0.2, 0.25) is 0 Å². The van der Waals surface area contributed by atoms with Crippen LogP contribution < -0.4 is 9.64 Å². The monoisotopic (exact) mass is 335 g/mol. The molecule has 0 saturated carbocycles. The van der Waals surface area contributed by atoms with Crippen LogP contribution in [0.25, 0.3) is 0 Å². The van der Waals surface area contributed by atoms with E-state index in [-0.39, 0.29) is 18.3 Å². The quantitative estimate of drug-likeness (QED) is 0.840. The van der Waals surface area contributed by atoms with E-state index in [9.17, 15) is 9.18 Å². The smallest absolute Gasteiger partial charge is 0.265 e. The number of rotatable bonds is 2. The van der Waals surface area contributed by atoms with Gasteiger partial charge in [-0.05, 0) is 45.8 Å². The third-order valence-corrected chi connectivity index (χ3v) is 3.76. The number of amides is 1. The lowest BCUT2D eigenvalue weighted by Gasteiger charge is -2.30. The molecule has 3 nitrogen and oxygen atoms in total. The van der Waals surface area contributed by atoms with E-state index in [2.05, 4.69) is 15.9 Å². The molecule has 0 saturated heterocycles. The largest absolute Gasteiger partial charge is 0.480 e. The second-order valence-corrected chi connectivity index (χ2v) is 5.34. The Morgan fingerprint density at radius 2 is 1.95 bits per heavy atom. The van der Waals surface area contributed by atoms with Crippen LogP contribution in [0.3, 0.4) is 0 Å². The summed E-state index contributed by atoms with van der Waals surface area (Å²) in [5, 5.41) is 0. The first-order valence-electron chi connectivity index (χ1n) is 6.11. The highest BCUT2D eigenvalue weighted by molar-refractivity contribution is 9.10. The first-order valence-corrected chi connectivity index (χ1v) is 6.90. The molecule has 0 bridgehead atoms. The maximum Gasteiger partial charge on any atom is 0.265 e. The number of benzene rings is 2. The molecule has 2 aromatic rings. The minimum atomic E-state index is -0.287. The fraction of sp³-hybridized carbons (Fsp3) is 0.133. The van der Waals surface area contributed by atoms with Crippen molar-refractivity contribution in [3.05, 3.63) is 58.3 Å². The van der Waals surface area contributed by atoms with E-state index in [4.69, 9.17) is 4.74 Å². The lowest BCUT2D eigenvalue weighted by molar-refractivity contribution is -0.121. The predicted octanol–water partition coefficient (Wildman–Crippen LogP) is 3.51.